The highest BCUT2D eigenvalue weighted by Crippen LogP contribution is 2.30. The van der Waals surface area contributed by atoms with Crippen molar-refractivity contribution in [3.05, 3.63) is 82.2 Å². The average molecular weight is 390 g/mol. The molecule has 1 aliphatic carbocycles. The van der Waals surface area contributed by atoms with Gasteiger partial charge in [0.25, 0.3) is 5.91 Å². The smallest absolute Gasteiger partial charge is 0.254 e. The summed E-state index contributed by atoms with van der Waals surface area (Å²) in [4.78, 5) is 15.1. The Balaban J connectivity index is 1.42. The summed E-state index contributed by atoms with van der Waals surface area (Å²) in [6.07, 6.45) is 2.16. The molecule has 0 N–H and O–H groups in total. The average Bonchev–Trinajstić information content (AvgIpc) is 3.52. The van der Waals surface area contributed by atoms with Crippen molar-refractivity contribution in [2.24, 2.45) is 0 Å². The molecule has 0 aliphatic heterocycles. The number of benzene rings is 2. The van der Waals surface area contributed by atoms with Crippen molar-refractivity contribution in [1.29, 1.82) is 0 Å². The predicted molar refractivity (Wildman–Crippen MR) is 111 cm³/mol. The van der Waals surface area contributed by atoms with Crippen LogP contribution in [-0.2, 0) is 13.2 Å². The molecule has 1 aromatic heterocycles. The fraction of sp³-hybridized carbons (Fsp3) is 0.333. The number of aromatic nitrogens is 1. The normalized spacial score (nSPS) is 13.3. The molecule has 5 heteroatoms. The largest absolute Gasteiger partial charge is 0.489 e. The van der Waals surface area contributed by atoms with Gasteiger partial charge in [-0.3, -0.25) is 4.79 Å². The first-order valence-corrected chi connectivity index (χ1v) is 10.0. The van der Waals surface area contributed by atoms with Gasteiger partial charge in [0, 0.05) is 18.2 Å². The molecule has 0 spiro atoms. The maximum absolute atomic E-state index is 13.1. The Morgan fingerprint density at radius 3 is 2.34 bits per heavy atom. The van der Waals surface area contributed by atoms with Crippen molar-refractivity contribution >= 4 is 5.91 Å². The monoisotopic (exact) mass is 390 g/mol. The summed E-state index contributed by atoms with van der Waals surface area (Å²) < 4.78 is 11.0. The van der Waals surface area contributed by atoms with Crippen LogP contribution < -0.4 is 4.74 Å². The molecule has 1 amide bonds. The fourth-order valence-corrected chi connectivity index (χ4v) is 3.37. The molecule has 150 valence electrons. The minimum atomic E-state index is 0.0744. The van der Waals surface area contributed by atoms with Crippen molar-refractivity contribution in [2.45, 2.75) is 52.8 Å². The summed E-state index contributed by atoms with van der Waals surface area (Å²) in [5.41, 5.74) is 4.88. The van der Waals surface area contributed by atoms with E-state index in [1.807, 2.05) is 43.0 Å². The van der Waals surface area contributed by atoms with E-state index >= 15 is 0 Å². The number of carbonyl (C=O) groups excluding carboxylic acids is 1. The van der Waals surface area contributed by atoms with Crippen LogP contribution in [0, 0.1) is 20.8 Å². The Hall–Kier alpha value is -3.08. The van der Waals surface area contributed by atoms with Crippen molar-refractivity contribution in [3.8, 4) is 5.75 Å². The summed E-state index contributed by atoms with van der Waals surface area (Å²) in [5, 5.41) is 3.94. The minimum absolute atomic E-state index is 0.0744. The molecule has 1 aliphatic rings. The van der Waals surface area contributed by atoms with Crippen molar-refractivity contribution in [2.75, 3.05) is 0 Å². The second kappa shape index (κ2) is 8.11. The summed E-state index contributed by atoms with van der Waals surface area (Å²) in [6.45, 7) is 6.89. The molecule has 4 rings (SSSR count). The van der Waals surface area contributed by atoms with E-state index in [-0.39, 0.29) is 5.91 Å². The Morgan fingerprint density at radius 2 is 1.76 bits per heavy atom. The first-order valence-electron chi connectivity index (χ1n) is 10.0. The fourth-order valence-electron chi connectivity index (χ4n) is 3.37. The Bertz CT molecular complexity index is 966. The van der Waals surface area contributed by atoms with Crippen molar-refractivity contribution in [1.82, 2.24) is 10.1 Å². The van der Waals surface area contributed by atoms with Gasteiger partial charge in [-0.05, 0) is 63.4 Å². The van der Waals surface area contributed by atoms with Gasteiger partial charge in [0.2, 0.25) is 0 Å². The highest BCUT2D eigenvalue weighted by Gasteiger charge is 2.33. The van der Waals surface area contributed by atoms with Crippen LogP contribution in [0.15, 0.2) is 53.1 Å². The molecule has 3 aromatic rings. The van der Waals surface area contributed by atoms with Crippen LogP contribution >= 0.6 is 0 Å². The molecule has 0 bridgehead atoms. The maximum Gasteiger partial charge on any atom is 0.254 e. The zero-order valence-corrected chi connectivity index (χ0v) is 17.1. The topological polar surface area (TPSA) is 55.6 Å². The summed E-state index contributed by atoms with van der Waals surface area (Å²) >= 11 is 0. The summed E-state index contributed by atoms with van der Waals surface area (Å²) in [5.74, 6) is 1.56. The number of carbonyl (C=O) groups is 1. The number of hydrogen-bond donors (Lipinski definition) is 0. The van der Waals surface area contributed by atoms with Crippen LogP contribution in [0.3, 0.4) is 0 Å². The van der Waals surface area contributed by atoms with Gasteiger partial charge in [-0.2, -0.15) is 0 Å². The number of nitrogens with zero attached hydrogens (tertiary/aromatic N) is 2. The standard InChI is InChI=1S/C24H26N2O3/c1-16-4-6-19(7-5-16)14-26(21-10-11-21)24(27)20-8-12-22(13-9-20)28-15-23-17(2)25-29-18(23)3/h4-9,12-13,21H,10-11,14-15H2,1-3H3. The van der Waals surface area contributed by atoms with Gasteiger partial charge in [0.05, 0.1) is 11.3 Å². The first kappa shape index (κ1) is 19.2. The third kappa shape index (κ3) is 4.50. The maximum atomic E-state index is 13.1. The number of hydrogen-bond acceptors (Lipinski definition) is 4. The molecule has 0 atom stereocenters. The molecule has 1 heterocycles. The van der Waals surface area contributed by atoms with Gasteiger partial charge >= 0.3 is 0 Å². The number of aryl methyl sites for hydroxylation is 3. The molecular formula is C24H26N2O3. The molecule has 5 nitrogen and oxygen atoms in total. The molecule has 0 unspecified atom stereocenters. The summed E-state index contributed by atoms with van der Waals surface area (Å²) in [7, 11) is 0. The van der Waals surface area contributed by atoms with Crippen LogP contribution in [-0.4, -0.2) is 22.0 Å². The van der Waals surface area contributed by atoms with E-state index in [0.717, 1.165) is 41.2 Å². The molecule has 1 fully saturated rings. The first-order chi connectivity index (χ1) is 14.0. The second-order valence-electron chi connectivity index (χ2n) is 7.77. The number of ether oxygens (including phenoxy) is 1. The van der Waals surface area contributed by atoms with E-state index in [4.69, 9.17) is 9.26 Å². The van der Waals surface area contributed by atoms with Gasteiger partial charge in [0.15, 0.2) is 0 Å². The Kier molecular flexibility index (Phi) is 5.38. The van der Waals surface area contributed by atoms with Gasteiger partial charge < -0.3 is 14.2 Å². The van der Waals surface area contributed by atoms with Crippen molar-refractivity contribution < 1.29 is 14.1 Å². The van der Waals surface area contributed by atoms with Crippen LogP contribution in [0.2, 0.25) is 0 Å². The minimum Gasteiger partial charge on any atom is -0.489 e. The van der Waals surface area contributed by atoms with Crippen LogP contribution in [0.25, 0.3) is 0 Å². The Morgan fingerprint density at radius 1 is 1.07 bits per heavy atom. The van der Waals surface area contributed by atoms with Crippen LogP contribution in [0.1, 0.15) is 51.3 Å². The predicted octanol–water partition coefficient (Wildman–Crippen LogP) is 4.98. The lowest BCUT2D eigenvalue weighted by atomic mass is 10.1. The zero-order valence-electron chi connectivity index (χ0n) is 17.1. The zero-order chi connectivity index (χ0) is 20.4. The van der Waals surface area contributed by atoms with E-state index in [1.165, 1.54) is 5.56 Å². The van der Waals surface area contributed by atoms with E-state index < -0.39 is 0 Å². The highest BCUT2D eigenvalue weighted by atomic mass is 16.5. The van der Waals surface area contributed by atoms with Crippen LogP contribution in [0.4, 0.5) is 0 Å². The number of amides is 1. The van der Waals surface area contributed by atoms with E-state index in [0.29, 0.717) is 24.8 Å². The lowest BCUT2D eigenvalue weighted by Crippen LogP contribution is -2.32. The van der Waals surface area contributed by atoms with Crippen LogP contribution in [0.5, 0.6) is 5.75 Å². The SMILES string of the molecule is Cc1ccc(CN(C(=O)c2ccc(OCc3c(C)noc3C)cc2)C2CC2)cc1. The molecule has 0 radical (unpaired) electrons. The van der Waals surface area contributed by atoms with Gasteiger partial charge in [0.1, 0.15) is 18.1 Å². The van der Waals surface area contributed by atoms with Gasteiger partial charge in [-0.25, -0.2) is 0 Å². The summed E-state index contributed by atoms with van der Waals surface area (Å²) in [6, 6.07) is 16.1. The van der Waals surface area contributed by atoms with E-state index in [1.54, 1.807) is 0 Å². The van der Waals surface area contributed by atoms with E-state index in [2.05, 4.69) is 36.3 Å². The molecule has 0 saturated heterocycles. The number of rotatable bonds is 7. The molecule has 1 saturated carbocycles. The van der Waals surface area contributed by atoms with Gasteiger partial charge in [-0.15, -0.1) is 0 Å². The second-order valence-corrected chi connectivity index (χ2v) is 7.77. The van der Waals surface area contributed by atoms with Gasteiger partial charge in [-0.1, -0.05) is 35.0 Å². The third-order valence-corrected chi connectivity index (χ3v) is 5.39. The quantitative estimate of drug-likeness (QED) is 0.571. The van der Waals surface area contributed by atoms with E-state index in [9.17, 15) is 4.79 Å². The highest BCUT2D eigenvalue weighted by molar-refractivity contribution is 5.94. The van der Waals surface area contributed by atoms with Crippen molar-refractivity contribution in [3.63, 3.8) is 0 Å². The lowest BCUT2D eigenvalue weighted by Gasteiger charge is -2.23. The molecule has 2 aromatic carbocycles. The molecular weight excluding hydrogens is 364 g/mol. The third-order valence-electron chi connectivity index (χ3n) is 5.39. The Labute approximate surface area is 171 Å². The lowest BCUT2D eigenvalue weighted by molar-refractivity contribution is 0.0730. The molecule has 29 heavy (non-hydrogen) atoms.